The second kappa shape index (κ2) is 6.14. The van der Waals surface area contributed by atoms with Gasteiger partial charge in [-0.05, 0) is 31.4 Å². The summed E-state index contributed by atoms with van der Waals surface area (Å²) in [4.78, 5) is 25.9. The Hall–Kier alpha value is -1.57. The summed E-state index contributed by atoms with van der Waals surface area (Å²) in [5.41, 5.74) is -1.85. The van der Waals surface area contributed by atoms with Gasteiger partial charge < -0.3 is 10.0 Å². The zero-order valence-electron chi connectivity index (χ0n) is 12.9. The van der Waals surface area contributed by atoms with Crippen LogP contribution in [0.3, 0.4) is 0 Å². The van der Waals surface area contributed by atoms with Gasteiger partial charge in [-0.2, -0.15) is 13.2 Å². The summed E-state index contributed by atoms with van der Waals surface area (Å²) < 4.78 is 39.5. The maximum Gasteiger partial charge on any atom is 0.406 e. The number of hydrogen-bond acceptors (Lipinski definition) is 3. The molecule has 23 heavy (non-hydrogen) atoms. The number of halogens is 3. The average molecular weight is 349 g/mol. The standard InChI is InChI=1S/C15H18F3NO3S/c1-3-4-10-7-11(23-9(10)2)12(20)19-6-5-14(8-19,13(21)22)15(16,17)18/h7H,3-6,8H2,1-2H3,(H,21,22). The number of alkyl halides is 3. The molecule has 1 fully saturated rings. The molecule has 0 aromatic carbocycles. The van der Waals surface area contributed by atoms with Crippen LogP contribution in [0.4, 0.5) is 13.2 Å². The Morgan fingerprint density at radius 1 is 1.43 bits per heavy atom. The molecule has 0 aliphatic carbocycles. The molecule has 128 valence electrons. The number of carbonyl (C=O) groups is 2. The summed E-state index contributed by atoms with van der Waals surface area (Å²) in [5, 5.41) is 9.03. The molecule has 1 N–H and O–H groups in total. The van der Waals surface area contributed by atoms with E-state index in [0.29, 0.717) is 4.88 Å². The highest BCUT2D eigenvalue weighted by molar-refractivity contribution is 7.14. The fourth-order valence-corrected chi connectivity index (χ4v) is 3.85. The van der Waals surface area contributed by atoms with Crippen LogP contribution in [-0.2, 0) is 11.2 Å². The van der Waals surface area contributed by atoms with Gasteiger partial charge in [-0.3, -0.25) is 9.59 Å². The van der Waals surface area contributed by atoms with Gasteiger partial charge in [-0.15, -0.1) is 11.3 Å². The van der Waals surface area contributed by atoms with E-state index in [-0.39, 0.29) is 6.54 Å². The third-order valence-corrected chi connectivity index (χ3v) is 5.34. The molecule has 1 saturated heterocycles. The predicted octanol–water partition coefficient (Wildman–Crippen LogP) is 3.49. The monoisotopic (exact) mass is 349 g/mol. The highest BCUT2D eigenvalue weighted by Crippen LogP contribution is 2.46. The number of aliphatic carboxylic acids is 1. The van der Waals surface area contributed by atoms with Gasteiger partial charge in [-0.1, -0.05) is 13.3 Å². The van der Waals surface area contributed by atoms with Crippen molar-refractivity contribution in [2.24, 2.45) is 5.41 Å². The van der Waals surface area contributed by atoms with Crippen LogP contribution < -0.4 is 0 Å². The second-order valence-corrected chi connectivity index (χ2v) is 7.06. The summed E-state index contributed by atoms with van der Waals surface area (Å²) >= 11 is 1.25. The van der Waals surface area contributed by atoms with Gasteiger partial charge in [0.15, 0.2) is 5.41 Å². The molecule has 4 nitrogen and oxygen atoms in total. The van der Waals surface area contributed by atoms with Crippen molar-refractivity contribution >= 4 is 23.2 Å². The first-order valence-electron chi connectivity index (χ1n) is 7.31. The number of likely N-dealkylation sites (tertiary alicyclic amines) is 1. The molecule has 0 radical (unpaired) electrons. The Balaban J connectivity index is 2.22. The number of carbonyl (C=O) groups excluding carboxylic acids is 1. The van der Waals surface area contributed by atoms with Crippen LogP contribution in [0.1, 0.15) is 39.9 Å². The van der Waals surface area contributed by atoms with Crippen molar-refractivity contribution < 1.29 is 27.9 Å². The summed E-state index contributed by atoms with van der Waals surface area (Å²) in [6, 6.07) is 1.71. The van der Waals surface area contributed by atoms with Gasteiger partial charge in [0, 0.05) is 18.0 Å². The minimum absolute atomic E-state index is 0.204. The Kier molecular flexibility index (Phi) is 4.75. The third kappa shape index (κ3) is 3.08. The maximum atomic E-state index is 13.2. The van der Waals surface area contributed by atoms with Crippen LogP contribution in [0.5, 0.6) is 0 Å². The molecule has 2 rings (SSSR count). The number of carboxylic acid groups (broad SMARTS) is 1. The molecule has 0 saturated carbocycles. The summed E-state index contributed by atoms with van der Waals surface area (Å²) in [6.07, 6.45) is -3.78. The highest BCUT2D eigenvalue weighted by Gasteiger charge is 2.64. The van der Waals surface area contributed by atoms with Crippen LogP contribution >= 0.6 is 11.3 Å². The van der Waals surface area contributed by atoms with E-state index in [1.807, 2.05) is 13.8 Å². The lowest BCUT2D eigenvalue weighted by Gasteiger charge is -2.27. The van der Waals surface area contributed by atoms with Crippen molar-refractivity contribution in [3.8, 4) is 0 Å². The minimum Gasteiger partial charge on any atom is -0.481 e. The molecule has 1 aromatic heterocycles. The lowest BCUT2D eigenvalue weighted by atomic mass is 9.86. The Labute approximate surface area is 135 Å². The van der Waals surface area contributed by atoms with Gasteiger partial charge >= 0.3 is 12.1 Å². The highest BCUT2D eigenvalue weighted by atomic mass is 32.1. The van der Waals surface area contributed by atoms with Crippen LogP contribution in [0.15, 0.2) is 6.07 Å². The van der Waals surface area contributed by atoms with Gasteiger partial charge in [0.2, 0.25) is 0 Å². The SMILES string of the molecule is CCCc1cc(C(=O)N2CCC(C(=O)O)(C(F)(F)F)C2)sc1C. The van der Waals surface area contributed by atoms with Crippen molar-refractivity contribution in [1.82, 2.24) is 4.90 Å². The quantitative estimate of drug-likeness (QED) is 0.905. The molecule has 2 heterocycles. The molecule has 8 heteroatoms. The van der Waals surface area contributed by atoms with Gasteiger partial charge in [-0.25, -0.2) is 0 Å². The van der Waals surface area contributed by atoms with Crippen LogP contribution in [-0.4, -0.2) is 41.1 Å². The molecular weight excluding hydrogens is 331 g/mol. The number of nitrogens with zero attached hydrogens (tertiary/aromatic N) is 1. The summed E-state index contributed by atoms with van der Waals surface area (Å²) in [5.74, 6) is -2.44. The number of thiophene rings is 1. The maximum absolute atomic E-state index is 13.2. The minimum atomic E-state index is -4.88. The van der Waals surface area contributed by atoms with Crippen molar-refractivity contribution in [3.05, 3.63) is 21.4 Å². The Morgan fingerprint density at radius 3 is 2.57 bits per heavy atom. The van der Waals surface area contributed by atoms with E-state index in [2.05, 4.69) is 0 Å². The first-order valence-corrected chi connectivity index (χ1v) is 8.12. The van der Waals surface area contributed by atoms with Gasteiger partial charge in [0.1, 0.15) is 0 Å². The zero-order valence-corrected chi connectivity index (χ0v) is 13.7. The third-order valence-electron chi connectivity index (χ3n) is 4.26. The van der Waals surface area contributed by atoms with Crippen molar-refractivity contribution in [3.63, 3.8) is 0 Å². The number of amides is 1. The zero-order chi connectivity index (χ0) is 17.4. The molecule has 1 aromatic rings. The van der Waals surface area contributed by atoms with Crippen molar-refractivity contribution in [2.45, 2.75) is 39.3 Å². The number of rotatable bonds is 4. The summed E-state index contributed by atoms with van der Waals surface area (Å²) in [6.45, 7) is 2.84. The largest absolute Gasteiger partial charge is 0.481 e. The first-order chi connectivity index (χ1) is 10.6. The van der Waals surface area contributed by atoms with Crippen molar-refractivity contribution in [1.29, 1.82) is 0 Å². The molecule has 1 unspecified atom stereocenters. The van der Waals surface area contributed by atoms with E-state index in [4.69, 9.17) is 5.11 Å². The Morgan fingerprint density at radius 2 is 2.09 bits per heavy atom. The lowest BCUT2D eigenvalue weighted by molar-refractivity contribution is -0.227. The number of aryl methyl sites for hydroxylation is 2. The smallest absolute Gasteiger partial charge is 0.406 e. The molecule has 1 atom stereocenters. The normalized spacial score (nSPS) is 21.7. The molecule has 1 amide bonds. The fraction of sp³-hybridized carbons (Fsp3) is 0.600. The van der Waals surface area contributed by atoms with Crippen LogP contribution in [0, 0.1) is 12.3 Å². The van der Waals surface area contributed by atoms with Crippen LogP contribution in [0.2, 0.25) is 0 Å². The number of carboxylic acids is 1. The topological polar surface area (TPSA) is 57.6 Å². The first kappa shape index (κ1) is 17.8. The van der Waals surface area contributed by atoms with E-state index in [9.17, 15) is 22.8 Å². The van der Waals surface area contributed by atoms with Gasteiger partial charge in [0.05, 0.1) is 4.88 Å². The molecule has 0 bridgehead atoms. The van der Waals surface area contributed by atoms with E-state index >= 15 is 0 Å². The lowest BCUT2D eigenvalue weighted by Crippen LogP contribution is -2.47. The molecular formula is C15H18F3NO3S. The van der Waals surface area contributed by atoms with E-state index in [0.717, 1.165) is 28.2 Å². The van der Waals surface area contributed by atoms with E-state index in [1.165, 1.54) is 11.3 Å². The predicted molar refractivity (Wildman–Crippen MR) is 79.7 cm³/mol. The second-order valence-electron chi connectivity index (χ2n) is 5.80. The molecule has 0 spiro atoms. The van der Waals surface area contributed by atoms with Gasteiger partial charge in [0.25, 0.3) is 5.91 Å². The Bertz CT molecular complexity index is 626. The number of hydrogen-bond donors (Lipinski definition) is 1. The van der Waals surface area contributed by atoms with E-state index in [1.54, 1.807) is 6.07 Å². The van der Waals surface area contributed by atoms with E-state index < -0.39 is 36.4 Å². The molecule has 1 aliphatic heterocycles. The average Bonchev–Trinajstić information content (AvgIpc) is 3.03. The molecule has 1 aliphatic rings. The fourth-order valence-electron chi connectivity index (χ4n) is 2.81. The summed E-state index contributed by atoms with van der Waals surface area (Å²) in [7, 11) is 0. The van der Waals surface area contributed by atoms with Crippen LogP contribution in [0.25, 0.3) is 0 Å². The van der Waals surface area contributed by atoms with Crippen molar-refractivity contribution in [2.75, 3.05) is 13.1 Å².